The molecule has 1 amide bonds. The number of rotatable bonds is 5. The number of nitriles is 1. The molecule has 2 aromatic rings. The van der Waals surface area contributed by atoms with Crippen LogP contribution < -0.4 is 5.32 Å². The number of anilines is 1. The first-order valence-electron chi connectivity index (χ1n) is 11.2. The summed E-state index contributed by atoms with van der Waals surface area (Å²) in [5.41, 5.74) is 4.91. The molecule has 1 aliphatic carbocycles. The predicted molar refractivity (Wildman–Crippen MR) is 119 cm³/mol. The highest BCUT2D eigenvalue weighted by molar-refractivity contribution is 5.99. The maximum Gasteiger partial charge on any atom is 0.410 e. The van der Waals surface area contributed by atoms with E-state index in [4.69, 9.17) is 4.74 Å². The number of hydrogen-bond donors (Lipinski definition) is 2. The first kappa shape index (κ1) is 20.6. The van der Waals surface area contributed by atoms with Crippen LogP contribution >= 0.6 is 0 Å². The van der Waals surface area contributed by atoms with Crippen LogP contribution in [0.15, 0.2) is 12.1 Å². The number of amides is 1. The third kappa shape index (κ3) is 3.98. The molecule has 2 heterocycles. The number of aromatic amines is 1. The summed E-state index contributed by atoms with van der Waals surface area (Å²) in [6.07, 6.45) is 6.99. The van der Waals surface area contributed by atoms with E-state index in [1.165, 1.54) is 24.1 Å². The Morgan fingerprint density at radius 2 is 2.17 bits per heavy atom. The van der Waals surface area contributed by atoms with Crippen LogP contribution in [0.3, 0.4) is 0 Å². The Hall–Kier alpha value is -2.68. The van der Waals surface area contributed by atoms with Gasteiger partial charge in [-0.3, -0.25) is 0 Å². The fourth-order valence-electron chi connectivity index (χ4n) is 4.95. The summed E-state index contributed by atoms with van der Waals surface area (Å²) in [5, 5.41) is 14.4. The van der Waals surface area contributed by atoms with Gasteiger partial charge < -0.3 is 19.9 Å². The Labute approximate surface area is 178 Å². The van der Waals surface area contributed by atoms with E-state index in [-0.39, 0.29) is 12.1 Å². The highest BCUT2D eigenvalue weighted by atomic mass is 16.6. The molecule has 1 aliphatic heterocycles. The highest BCUT2D eigenvalue weighted by Crippen LogP contribution is 2.36. The van der Waals surface area contributed by atoms with Crippen LogP contribution in [0.5, 0.6) is 0 Å². The summed E-state index contributed by atoms with van der Waals surface area (Å²) in [5.74, 6) is 0. The normalized spacial score (nSPS) is 18.9. The van der Waals surface area contributed by atoms with E-state index >= 15 is 0 Å². The van der Waals surface area contributed by atoms with Crippen LogP contribution in [0.2, 0.25) is 0 Å². The number of nitrogens with zero attached hydrogens (tertiary/aromatic N) is 2. The number of H-pyrrole nitrogens is 1. The molecule has 1 fully saturated rings. The molecule has 1 aromatic carbocycles. The van der Waals surface area contributed by atoms with Crippen molar-refractivity contribution in [3.63, 3.8) is 0 Å². The second kappa shape index (κ2) is 8.22. The van der Waals surface area contributed by atoms with Crippen LogP contribution in [0, 0.1) is 11.3 Å². The van der Waals surface area contributed by atoms with Crippen molar-refractivity contribution in [1.82, 2.24) is 9.88 Å². The van der Waals surface area contributed by atoms with E-state index in [1.807, 2.05) is 30.9 Å². The fourth-order valence-corrected chi connectivity index (χ4v) is 4.95. The van der Waals surface area contributed by atoms with Crippen LogP contribution in [0.25, 0.3) is 10.9 Å². The number of carbonyl (C=O) groups excluding carboxylic acids is 1. The van der Waals surface area contributed by atoms with Gasteiger partial charge in [0.1, 0.15) is 11.7 Å². The smallest absolute Gasteiger partial charge is 0.410 e. The molecule has 0 radical (unpaired) electrons. The minimum atomic E-state index is -0.430. The first-order chi connectivity index (χ1) is 14.4. The molecular weight excluding hydrogens is 376 g/mol. The number of hydrogen-bond acceptors (Lipinski definition) is 4. The molecule has 2 N–H and O–H groups in total. The SMILES string of the molecule is CCCC(C)(C)OC(=O)N1CC[C@H](Nc2ccc(C#N)c3[nH]c4c(c23)CCCC4)C1. The standard InChI is InChI=1S/C24H32N4O2/c1-4-12-24(2,3)30-23(29)28-13-11-17(15-28)26-20-10-9-16(14-25)22-21(20)18-7-5-6-8-19(18)27-22/h9-10,17,26-27H,4-8,11-13,15H2,1-3H3/t17-/m0/s1. The minimum absolute atomic E-state index is 0.178. The summed E-state index contributed by atoms with van der Waals surface area (Å²) < 4.78 is 5.74. The Morgan fingerprint density at radius 3 is 2.93 bits per heavy atom. The number of ether oxygens (including phenoxy) is 1. The zero-order valence-corrected chi connectivity index (χ0v) is 18.3. The van der Waals surface area contributed by atoms with E-state index in [0.717, 1.165) is 48.7 Å². The van der Waals surface area contributed by atoms with Crippen molar-refractivity contribution >= 4 is 22.7 Å². The molecule has 2 aliphatic rings. The molecule has 0 saturated carbocycles. The van der Waals surface area contributed by atoms with Crippen molar-refractivity contribution in [2.75, 3.05) is 18.4 Å². The predicted octanol–water partition coefficient (Wildman–Crippen LogP) is 5.12. The number of aromatic nitrogens is 1. The minimum Gasteiger partial charge on any atom is -0.443 e. The maximum atomic E-state index is 12.6. The number of fused-ring (bicyclic) bond motifs is 3. The Morgan fingerprint density at radius 1 is 1.37 bits per heavy atom. The summed E-state index contributed by atoms with van der Waals surface area (Å²) in [6, 6.07) is 6.42. The lowest BCUT2D eigenvalue weighted by molar-refractivity contribution is 0.0118. The number of nitrogens with one attached hydrogen (secondary N) is 2. The zero-order chi connectivity index (χ0) is 21.3. The molecule has 6 heteroatoms. The number of carbonyl (C=O) groups is 1. The van der Waals surface area contributed by atoms with Crippen molar-refractivity contribution in [2.24, 2.45) is 0 Å². The van der Waals surface area contributed by atoms with Crippen molar-refractivity contribution < 1.29 is 9.53 Å². The van der Waals surface area contributed by atoms with Gasteiger partial charge in [-0.1, -0.05) is 13.3 Å². The zero-order valence-electron chi connectivity index (χ0n) is 18.3. The molecule has 30 heavy (non-hydrogen) atoms. The largest absolute Gasteiger partial charge is 0.443 e. The molecule has 0 spiro atoms. The third-order valence-corrected chi connectivity index (χ3v) is 6.39. The van der Waals surface area contributed by atoms with E-state index < -0.39 is 5.60 Å². The Bertz CT molecular complexity index is 985. The van der Waals surface area contributed by atoms with Crippen LogP contribution in [0.4, 0.5) is 10.5 Å². The molecule has 1 atom stereocenters. The van der Waals surface area contributed by atoms with Gasteiger partial charge in [-0.15, -0.1) is 0 Å². The molecule has 4 rings (SSSR count). The molecule has 0 unspecified atom stereocenters. The van der Waals surface area contributed by atoms with E-state index in [1.54, 1.807) is 0 Å². The van der Waals surface area contributed by atoms with Gasteiger partial charge >= 0.3 is 6.09 Å². The number of aryl methyl sites for hydroxylation is 2. The summed E-state index contributed by atoms with van der Waals surface area (Å²) in [4.78, 5) is 17.9. The third-order valence-electron chi connectivity index (χ3n) is 6.39. The van der Waals surface area contributed by atoms with Gasteiger partial charge in [0.15, 0.2) is 0 Å². The second-order valence-corrected chi connectivity index (χ2v) is 9.27. The van der Waals surface area contributed by atoms with Crippen LogP contribution in [-0.4, -0.2) is 40.7 Å². The lowest BCUT2D eigenvalue weighted by Crippen LogP contribution is -2.38. The van der Waals surface area contributed by atoms with Crippen LogP contribution in [0.1, 0.15) is 69.7 Å². The van der Waals surface area contributed by atoms with Gasteiger partial charge in [-0.05, 0) is 70.1 Å². The molecule has 160 valence electrons. The number of likely N-dealkylation sites (tertiary alicyclic amines) is 1. The topological polar surface area (TPSA) is 81.2 Å². The van der Waals surface area contributed by atoms with Crippen molar-refractivity contribution in [3.05, 3.63) is 29.0 Å². The van der Waals surface area contributed by atoms with Crippen molar-refractivity contribution in [3.8, 4) is 6.07 Å². The van der Waals surface area contributed by atoms with Crippen LogP contribution in [-0.2, 0) is 17.6 Å². The average molecular weight is 409 g/mol. The molecule has 6 nitrogen and oxygen atoms in total. The maximum absolute atomic E-state index is 12.6. The molecule has 1 saturated heterocycles. The lowest BCUT2D eigenvalue weighted by atomic mass is 9.94. The van der Waals surface area contributed by atoms with E-state index in [9.17, 15) is 10.1 Å². The molecule has 0 bridgehead atoms. The summed E-state index contributed by atoms with van der Waals surface area (Å²) in [6.45, 7) is 7.38. The van der Waals surface area contributed by atoms with Crippen molar-refractivity contribution in [2.45, 2.75) is 77.4 Å². The van der Waals surface area contributed by atoms with E-state index in [0.29, 0.717) is 18.7 Å². The number of benzene rings is 1. The first-order valence-corrected chi connectivity index (χ1v) is 11.2. The summed E-state index contributed by atoms with van der Waals surface area (Å²) in [7, 11) is 0. The fraction of sp³-hybridized carbons (Fsp3) is 0.583. The van der Waals surface area contributed by atoms with Gasteiger partial charge in [0.2, 0.25) is 0 Å². The Kier molecular flexibility index (Phi) is 5.64. The molecular formula is C24H32N4O2. The average Bonchev–Trinajstić information content (AvgIpc) is 3.32. The van der Waals surface area contributed by atoms with Gasteiger partial charge in [-0.2, -0.15) is 5.26 Å². The molecule has 1 aromatic heterocycles. The Balaban J connectivity index is 1.51. The van der Waals surface area contributed by atoms with Gasteiger partial charge in [0, 0.05) is 35.9 Å². The van der Waals surface area contributed by atoms with Gasteiger partial charge in [-0.25, -0.2) is 4.79 Å². The summed E-state index contributed by atoms with van der Waals surface area (Å²) >= 11 is 0. The van der Waals surface area contributed by atoms with E-state index in [2.05, 4.69) is 23.3 Å². The van der Waals surface area contributed by atoms with Gasteiger partial charge in [0.05, 0.1) is 11.1 Å². The monoisotopic (exact) mass is 408 g/mol. The highest BCUT2D eigenvalue weighted by Gasteiger charge is 2.31. The van der Waals surface area contributed by atoms with Gasteiger partial charge in [0.25, 0.3) is 0 Å². The quantitative estimate of drug-likeness (QED) is 0.719. The van der Waals surface area contributed by atoms with Crippen molar-refractivity contribution in [1.29, 1.82) is 5.26 Å². The lowest BCUT2D eigenvalue weighted by Gasteiger charge is -2.28. The second-order valence-electron chi connectivity index (χ2n) is 9.27.